The van der Waals surface area contributed by atoms with E-state index in [-0.39, 0.29) is 71.5 Å². The average molecular weight is 1820 g/mol. The van der Waals surface area contributed by atoms with E-state index in [0.717, 1.165) is 0 Å². The molecule has 5 nitrogen and oxygen atoms in total. The van der Waals surface area contributed by atoms with Crippen molar-refractivity contribution in [2.24, 2.45) is 85.8 Å². The fourth-order valence-electron chi connectivity index (χ4n) is 14.6. The number of ether oxygens (including phenoxy) is 1. The molecule has 3 rings (SSSR count). The van der Waals surface area contributed by atoms with Crippen LogP contribution in [0.3, 0.4) is 0 Å². The predicted octanol–water partition coefficient (Wildman–Crippen LogP) is 41.6. The number of anilines is 2. The van der Waals surface area contributed by atoms with Crippen LogP contribution in [0, 0.1) is 75.8 Å². The Morgan fingerprint density at radius 3 is 0.695 bits per heavy atom. The van der Waals surface area contributed by atoms with Crippen LogP contribution < -0.4 is 9.80 Å². The molecule has 1 fully saturated rings. The fourth-order valence-corrected chi connectivity index (χ4v) is 16.4. The molecular formula is C122H242N4OS. The lowest BCUT2D eigenvalue weighted by molar-refractivity contribution is -0.102. The van der Waals surface area contributed by atoms with E-state index < -0.39 is 6.85 Å². The van der Waals surface area contributed by atoms with Crippen molar-refractivity contribution >= 4 is 35.6 Å². The molecule has 762 valence electrons. The molecule has 128 heavy (non-hydrogen) atoms. The molecule has 0 N–H and O–H groups in total. The number of aliphatic imine (C=N–C) groups is 2. The summed E-state index contributed by atoms with van der Waals surface area (Å²) in [6, 6.07) is 19.7. The summed E-state index contributed by atoms with van der Waals surface area (Å²) in [5.74, 6) is 0. The van der Waals surface area contributed by atoms with E-state index in [1.165, 1.54) is 48.2 Å². The summed E-state index contributed by atoms with van der Waals surface area (Å²) < 4.78 is 28.9. The molecule has 0 radical (unpaired) electrons. The Hall–Kier alpha value is -3.09. The largest absolute Gasteiger partial charge is 0.370 e. The molecule has 0 saturated heterocycles. The van der Waals surface area contributed by atoms with Gasteiger partial charge in [-0.25, -0.2) is 0 Å². The molecule has 2 aromatic rings. The molecule has 1 saturated carbocycles. The lowest BCUT2D eigenvalue weighted by Gasteiger charge is -2.52. The number of nitrogens with zero attached hydrogens (tertiary/aromatic N) is 4. The van der Waals surface area contributed by atoms with Gasteiger partial charge in [-0.05, 0) is 304 Å². The van der Waals surface area contributed by atoms with Gasteiger partial charge in [0.1, 0.15) is 0 Å². The van der Waals surface area contributed by atoms with Crippen LogP contribution >= 0.6 is 11.8 Å². The number of thioether (sulfide) groups is 1. The summed E-state index contributed by atoms with van der Waals surface area (Å²) in [6.45, 7) is 157. The van der Waals surface area contributed by atoms with Gasteiger partial charge in [0, 0.05) is 59.6 Å². The highest BCUT2D eigenvalue weighted by molar-refractivity contribution is 8.01. The normalized spacial score (nSPS) is 15.7. The molecule has 1 aliphatic rings. The van der Waals surface area contributed by atoms with E-state index in [1.807, 2.05) is 71.8 Å². The van der Waals surface area contributed by atoms with E-state index >= 15 is 0 Å². The minimum absolute atomic E-state index is 0.0156. The van der Waals surface area contributed by atoms with Crippen LogP contribution in [0.15, 0.2) is 100 Å². The third-order valence-corrected chi connectivity index (χ3v) is 22.2. The van der Waals surface area contributed by atoms with Crippen LogP contribution in [0.25, 0.3) is 0 Å². The van der Waals surface area contributed by atoms with Gasteiger partial charge in [-0.3, -0.25) is 9.98 Å². The van der Waals surface area contributed by atoms with Crippen molar-refractivity contribution in [2.75, 3.05) is 9.80 Å². The number of benzene rings is 2. The third-order valence-electron chi connectivity index (χ3n) is 21.0. The highest BCUT2D eigenvalue weighted by Crippen LogP contribution is 2.61. The van der Waals surface area contributed by atoms with Crippen LogP contribution in [-0.4, -0.2) is 66.4 Å². The lowest BCUT2D eigenvalue weighted by Crippen LogP contribution is -2.53. The molecule has 0 unspecified atom stereocenters. The smallest absolute Gasteiger partial charge is 0.0605 e. The van der Waals surface area contributed by atoms with Crippen molar-refractivity contribution in [3.63, 3.8) is 0 Å². The van der Waals surface area contributed by atoms with Gasteiger partial charge in [0.2, 0.25) is 0 Å². The number of para-hydroxylation sites is 1. The Bertz CT molecular complexity index is 3270. The molecule has 0 amide bonds. The summed E-state index contributed by atoms with van der Waals surface area (Å²) in [5, 5.41) is 0. The minimum Gasteiger partial charge on any atom is -0.370 e. The van der Waals surface area contributed by atoms with E-state index in [0.29, 0.717) is 69.2 Å². The second kappa shape index (κ2) is 51.4. The summed E-state index contributed by atoms with van der Waals surface area (Å²) in [5.41, 5.74) is 10.8. The first kappa shape index (κ1) is 133. The molecule has 0 aliphatic heterocycles. The summed E-state index contributed by atoms with van der Waals surface area (Å²) in [7, 11) is 0. The molecular weight excluding hydrogens is 1570 g/mol. The summed E-state index contributed by atoms with van der Waals surface area (Å²) in [4.78, 5) is 13.8. The van der Waals surface area contributed by atoms with Gasteiger partial charge in [0.25, 0.3) is 0 Å². The highest BCUT2D eigenvalue weighted by Gasteiger charge is 2.51. The quantitative estimate of drug-likeness (QED) is 0.222. The van der Waals surface area contributed by atoms with Crippen molar-refractivity contribution in [1.29, 1.82) is 0 Å². The maximum absolute atomic E-state index is 7.49. The number of hydrogen-bond acceptors (Lipinski definition) is 6. The lowest BCUT2D eigenvalue weighted by atomic mass is 9.53. The first-order valence-corrected chi connectivity index (χ1v) is 50.5. The van der Waals surface area contributed by atoms with Crippen LogP contribution in [0.4, 0.5) is 11.4 Å². The Labute approximate surface area is 820 Å². The summed E-state index contributed by atoms with van der Waals surface area (Å²) in [6.07, 6.45) is 18.6. The molecule has 1 aliphatic carbocycles. The van der Waals surface area contributed by atoms with Gasteiger partial charge in [-0.15, -0.1) is 0 Å². The Kier molecular flexibility index (Phi) is 53.5. The van der Waals surface area contributed by atoms with Crippen LogP contribution in [-0.2, 0) is 10.2 Å². The standard InChI is InChI=1S/C18H31N.C14H23N.C13H26.2C11H22.C11H24.C10H20.2C9H19N.C8H18O.C8H18S/c1-16(2,3)14-10-12-15(13-11-14)19(17(4,5)6)18(7,8)9;1-13(2,3)15(14(4,5)6)12-10-8-7-9-11-12;1-11(2,3)13(12(4,5)6)9-7-8-10-13;2*1-9(11(5,6)7)8-10(2,3)4;1-9(2,3)11(7,8)10(4,5)6;1-9(2,3)7-8-10(4,5)6;2*1-8(2,3)7-10-9(4,5)6;2*1-7(2,3)9-8(4,5)6/h10-13H,1-9H3;7-11H,1-6H3;7-10H2,1-6H3;2*8H,1-7H3;1-8H3;7-8H,1-6H3;2*7H,1-6H3;2*1-6H3/b;;;2*9-8-;;8-7-;;;;/i;;;1D3;;;;;;;. The zero-order valence-corrected chi connectivity index (χ0v) is 102. The molecule has 0 aromatic heterocycles. The van der Waals surface area contributed by atoms with Crippen molar-refractivity contribution < 1.29 is 8.85 Å². The Morgan fingerprint density at radius 2 is 0.578 bits per heavy atom. The second-order valence-electron chi connectivity index (χ2n) is 61.3. The first-order chi connectivity index (χ1) is 55.8. The molecule has 0 atom stereocenters. The number of hydrogen-bond donors (Lipinski definition) is 0. The first-order valence-electron chi connectivity index (χ1n) is 51.2. The van der Waals surface area contributed by atoms with Gasteiger partial charge in [-0.1, -0.05) is 404 Å². The fraction of sp³-hybridized carbons (Fsp3) is 0.836. The van der Waals surface area contributed by atoms with E-state index in [1.54, 1.807) is 0 Å². The van der Waals surface area contributed by atoms with Gasteiger partial charge in [0.15, 0.2) is 0 Å². The SMILES string of the molecule is C/C(=C/C(C)(C)C)C(C)(C)C.CC(C)(C)/C=C\C(C)(C)C.CC(C)(C)C(C)(C)C(C)(C)C.CC(C)(C)C1(C(C)(C)C)CCCC1.CC(C)(C)C=NC(C)(C)C.CC(C)(C)C=NC(C)(C)C.CC(C)(C)N(c1ccccc1)C(C)(C)C.CC(C)(C)OC(C)(C)C.CC(C)(C)SC(C)(C)C.CC(C)(C)c1ccc(N(C(C)(C)C)C(C)(C)C)cc1.[2H]C([2H])([2H])/C(=C/C(C)(C)C)C(C)(C)C. The molecule has 2 aromatic carbocycles. The van der Waals surface area contributed by atoms with Crippen LogP contribution in [0.2, 0.25) is 0 Å². The van der Waals surface area contributed by atoms with Gasteiger partial charge in [0.05, 0.1) is 22.3 Å². The van der Waals surface area contributed by atoms with E-state index in [9.17, 15) is 0 Å². The molecule has 0 bridgehead atoms. The maximum Gasteiger partial charge on any atom is 0.0605 e. The van der Waals surface area contributed by atoms with Gasteiger partial charge in [-0.2, -0.15) is 11.8 Å². The van der Waals surface area contributed by atoms with Crippen LogP contribution in [0.1, 0.15) is 541 Å². The molecule has 0 heterocycles. The van der Waals surface area contributed by atoms with Gasteiger partial charge < -0.3 is 14.5 Å². The zero-order valence-electron chi connectivity index (χ0n) is 105. The van der Waals surface area contributed by atoms with Crippen molar-refractivity contribution in [2.45, 2.75) is 590 Å². The maximum atomic E-state index is 7.49. The Morgan fingerprint density at radius 1 is 0.328 bits per heavy atom. The van der Waals surface area contributed by atoms with Crippen molar-refractivity contribution in [1.82, 2.24) is 0 Å². The Balaban J connectivity index is -0.000000213. The van der Waals surface area contributed by atoms with Gasteiger partial charge >= 0.3 is 0 Å². The zero-order chi connectivity index (χ0) is 108. The van der Waals surface area contributed by atoms with Crippen LogP contribution in [0.5, 0.6) is 0 Å². The highest BCUT2D eigenvalue weighted by atomic mass is 32.2. The average Bonchev–Trinajstić information content (AvgIpc) is 1.60. The predicted molar refractivity (Wildman–Crippen MR) is 605 cm³/mol. The monoisotopic (exact) mass is 1810 g/mol. The second-order valence-corrected chi connectivity index (χ2v) is 64.0. The summed E-state index contributed by atoms with van der Waals surface area (Å²) >= 11 is 2.01. The number of allylic oxidation sites excluding steroid dienone is 6. The molecule has 6 heteroatoms. The molecule has 0 spiro atoms. The number of rotatable bonds is 2. The van der Waals surface area contributed by atoms with Crippen molar-refractivity contribution in [3.8, 4) is 0 Å². The topological polar surface area (TPSA) is 40.4 Å². The minimum atomic E-state index is -1.98. The van der Waals surface area contributed by atoms with E-state index in [2.05, 4.69) is 550 Å². The van der Waals surface area contributed by atoms with E-state index in [4.69, 9.17) is 8.85 Å². The van der Waals surface area contributed by atoms with Crippen molar-refractivity contribution in [3.05, 3.63) is 95.6 Å². The third kappa shape index (κ3) is 78.1.